The quantitative estimate of drug-likeness (QED) is 0.827. The number of anilines is 1. The number of hydrogen-bond donors (Lipinski definition) is 1. The summed E-state index contributed by atoms with van der Waals surface area (Å²) in [5.41, 5.74) is 1.16. The first-order chi connectivity index (χ1) is 8.70. The molecule has 1 fully saturated rings. The summed E-state index contributed by atoms with van der Waals surface area (Å²) in [5.74, 6) is 1.80. The van der Waals surface area contributed by atoms with Gasteiger partial charge in [-0.15, -0.1) is 0 Å². The lowest BCUT2D eigenvalue weighted by Gasteiger charge is -2.24. The Balaban J connectivity index is 2.01. The molecular formula is C13H23N5. The van der Waals surface area contributed by atoms with Gasteiger partial charge in [-0.1, -0.05) is 0 Å². The van der Waals surface area contributed by atoms with Crippen molar-refractivity contribution >= 4 is 5.82 Å². The molecule has 1 aliphatic heterocycles. The predicted octanol–water partition coefficient (Wildman–Crippen LogP) is 0.584. The third kappa shape index (κ3) is 3.17. The van der Waals surface area contributed by atoms with Gasteiger partial charge in [0.1, 0.15) is 12.1 Å². The van der Waals surface area contributed by atoms with Crippen LogP contribution in [0.3, 0.4) is 0 Å². The van der Waals surface area contributed by atoms with Crippen LogP contribution in [-0.2, 0) is 6.54 Å². The fourth-order valence-electron chi connectivity index (χ4n) is 2.66. The molecule has 0 aromatic carbocycles. The second-order valence-corrected chi connectivity index (χ2v) is 5.20. The van der Waals surface area contributed by atoms with Gasteiger partial charge in [-0.25, -0.2) is 9.97 Å². The zero-order chi connectivity index (χ0) is 13.0. The minimum absolute atomic E-state index is 0.748. The molecule has 5 nitrogen and oxygen atoms in total. The molecule has 5 heteroatoms. The first kappa shape index (κ1) is 13.2. The van der Waals surface area contributed by atoms with Crippen molar-refractivity contribution in [3.8, 4) is 0 Å². The Morgan fingerprint density at radius 1 is 1.56 bits per heavy atom. The predicted molar refractivity (Wildman–Crippen MR) is 73.7 cm³/mol. The highest BCUT2D eigenvalue weighted by atomic mass is 15.2. The number of nitrogens with zero attached hydrogens (tertiary/aromatic N) is 4. The third-order valence-corrected chi connectivity index (χ3v) is 3.51. The molecule has 0 spiro atoms. The highest BCUT2D eigenvalue weighted by Gasteiger charge is 2.21. The number of likely N-dealkylation sites (tertiary alicyclic amines) is 1. The van der Waals surface area contributed by atoms with Gasteiger partial charge >= 0.3 is 0 Å². The molecule has 18 heavy (non-hydrogen) atoms. The maximum atomic E-state index is 4.42. The van der Waals surface area contributed by atoms with Crippen molar-refractivity contribution in [2.75, 3.05) is 45.7 Å². The van der Waals surface area contributed by atoms with E-state index in [1.807, 2.05) is 13.2 Å². The lowest BCUT2D eigenvalue weighted by molar-refractivity contribution is 0.395. The van der Waals surface area contributed by atoms with Gasteiger partial charge in [-0.3, -0.25) is 0 Å². The van der Waals surface area contributed by atoms with Crippen LogP contribution >= 0.6 is 0 Å². The number of hydrogen-bond acceptors (Lipinski definition) is 5. The van der Waals surface area contributed by atoms with Crippen molar-refractivity contribution < 1.29 is 0 Å². The first-order valence-electron chi connectivity index (χ1n) is 6.54. The molecule has 1 saturated heterocycles. The van der Waals surface area contributed by atoms with Crippen molar-refractivity contribution in [3.05, 3.63) is 18.1 Å². The Morgan fingerprint density at radius 2 is 2.39 bits per heavy atom. The lowest BCUT2D eigenvalue weighted by atomic mass is 10.1. The SMILES string of the molecule is CNCc1cncnc1N(C)CC1CCN(C)C1. The number of nitrogens with one attached hydrogen (secondary N) is 1. The van der Waals surface area contributed by atoms with E-state index in [9.17, 15) is 0 Å². The van der Waals surface area contributed by atoms with Crippen LogP contribution < -0.4 is 10.2 Å². The minimum Gasteiger partial charge on any atom is -0.359 e. The molecule has 100 valence electrons. The molecule has 0 saturated carbocycles. The average Bonchev–Trinajstić information content (AvgIpc) is 2.76. The van der Waals surface area contributed by atoms with Crippen LogP contribution in [0.1, 0.15) is 12.0 Å². The van der Waals surface area contributed by atoms with Crippen LogP contribution in [0.15, 0.2) is 12.5 Å². The Morgan fingerprint density at radius 3 is 3.06 bits per heavy atom. The maximum absolute atomic E-state index is 4.42. The largest absolute Gasteiger partial charge is 0.359 e. The zero-order valence-electron chi connectivity index (χ0n) is 11.6. The van der Waals surface area contributed by atoms with E-state index in [1.165, 1.54) is 19.5 Å². The minimum atomic E-state index is 0.748. The van der Waals surface area contributed by atoms with Crippen molar-refractivity contribution in [1.82, 2.24) is 20.2 Å². The van der Waals surface area contributed by atoms with Gasteiger partial charge in [0.05, 0.1) is 0 Å². The van der Waals surface area contributed by atoms with Crippen molar-refractivity contribution in [2.24, 2.45) is 5.92 Å². The molecule has 0 aliphatic carbocycles. The molecule has 1 atom stereocenters. The molecule has 1 N–H and O–H groups in total. The van der Waals surface area contributed by atoms with Gasteiger partial charge < -0.3 is 15.1 Å². The molecular weight excluding hydrogens is 226 g/mol. The monoisotopic (exact) mass is 249 g/mol. The molecule has 0 amide bonds. The molecule has 2 rings (SSSR count). The Bertz CT molecular complexity index is 381. The zero-order valence-corrected chi connectivity index (χ0v) is 11.6. The fraction of sp³-hybridized carbons (Fsp3) is 0.692. The molecule has 0 radical (unpaired) electrons. The van der Waals surface area contributed by atoms with E-state index in [0.717, 1.165) is 30.4 Å². The van der Waals surface area contributed by atoms with E-state index in [2.05, 4.69) is 39.2 Å². The van der Waals surface area contributed by atoms with Crippen LogP contribution in [0.25, 0.3) is 0 Å². The summed E-state index contributed by atoms with van der Waals surface area (Å²) in [6.07, 6.45) is 4.81. The van der Waals surface area contributed by atoms with Crippen molar-refractivity contribution in [1.29, 1.82) is 0 Å². The van der Waals surface area contributed by atoms with Gasteiger partial charge in [0.15, 0.2) is 0 Å². The summed E-state index contributed by atoms with van der Waals surface area (Å²) < 4.78 is 0. The molecule has 0 bridgehead atoms. The smallest absolute Gasteiger partial charge is 0.136 e. The van der Waals surface area contributed by atoms with Crippen molar-refractivity contribution in [2.45, 2.75) is 13.0 Å². The Labute approximate surface area is 109 Å². The first-order valence-corrected chi connectivity index (χ1v) is 6.54. The van der Waals surface area contributed by atoms with Gasteiger partial charge in [0.25, 0.3) is 0 Å². The van der Waals surface area contributed by atoms with E-state index in [4.69, 9.17) is 0 Å². The summed E-state index contributed by atoms with van der Waals surface area (Å²) in [6.45, 7) is 4.28. The summed E-state index contributed by atoms with van der Waals surface area (Å²) in [7, 11) is 6.26. The summed E-state index contributed by atoms with van der Waals surface area (Å²) in [6, 6.07) is 0. The van der Waals surface area contributed by atoms with Gasteiger partial charge in [-0.05, 0) is 33.0 Å². The standard InChI is InChI=1S/C13H23N5/c1-14-6-12-7-15-10-16-13(12)18(3)9-11-4-5-17(2)8-11/h7,10-11,14H,4-6,8-9H2,1-3H3. The highest BCUT2D eigenvalue weighted by Crippen LogP contribution is 2.20. The van der Waals surface area contributed by atoms with E-state index < -0.39 is 0 Å². The summed E-state index contributed by atoms with van der Waals surface area (Å²) in [5, 5.41) is 3.17. The van der Waals surface area contributed by atoms with Gasteiger partial charge in [0.2, 0.25) is 0 Å². The number of aromatic nitrogens is 2. The van der Waals surface area contributed by atoms with Crippen LogP contribution in [0.2, 0.25) is 0 Å². The maximum Gasteiger partial charge on any atom is 0.136 e. The number of rotatable bonds is 5. The molecule has 2 heterocycles. The summed E-state index contributed by atoms with van der Waals surface area (Å²) >= 11 is 0. The summed E-state index contributed by atoms with van der Waals surface area (Å²) in [4.78, 5) is 13.2. The van der Waals surface area contributed by atoms with Crippen LogP contribution in [0, 0.1) is 5.92 Å². The van der Waals surface area contributed by atoms with E-state index >= 15 is 0 Å². The van der Waals surface area contributed by atoms with Gasteiger partial charge in [0, 0.05) is 38.4 Å². The lowest BCUT2D eigenvalue weighted by Crippen LogP contribution is -2.29. The van der Waals surface area contributed by atoms with Crippen LogP contribution in [0.5, 0.6) is 0 Å². The molecule has 1 aliphatic rings. The average molecular weight is 249 g/mol. The van der Waals surface area contributed by atoms with Crippen molar-refractivity contribution in [3.63, 3.8) is 0 Å². The third-order valence-electron chi connectivity index (χ3n) is 3.51. The topological polar surface area (TPSA) is 44.3 Å². The highest BCUT2D eigenvalue weighted by molar-refractivity contribution is 5.44. The van der Waals surface area contributed by atoms with E-state index in [-0.39, 0.29) is 0 Å². The van der Waals surface area contributed by atoms with Crippen LogP contribution in [-0.4, -0.2) is 55.6 Å². The fourth-order valence-corrected chi connectivity index (χ4v) is 2.66. The molecule has 1 unspecified atom stereocenters. The second-order valence-electron chi connectivity index (χ2n) is 5.20. The Kier molecular flexibility index (Phi) is 4.49. The van der Waals surface area contributed by atoms with Gasteiger partial charge in [-0.2, -0.15) is 0 Å². The molecule has 1 aromatic heterocycles. The second kappa shape index (κ2) is 6.11. The van der Waals surface area contributed by atoms with E-state index in [1.54, 1.807) is 6.33 Å². The molecule has 1 aromatic rings. The Hall–Kier alpha value is -1.20. The normalized spacial score (nSPS) is 20.3. The van der Waals surface area contributed by atoms with Crippen LogP contribution in [0.4, 0.5) is 5.82 Å². The van der Waals surface area contributed by atoms with E-state index in [0.29, 0.717) is 0 Å².